The van der Waals surface area contributed by atoms with Crippen molar-refractivity contribution in [3.05, 3.63) is 52.8 Å². The Morgan fingerprint density at radius 3 is 2.57 bits per heavy atom. The SMILES string of the molecule is Cc1cccc(C(=O)Nc2ccc(S(N)(=O)=O)cc2Cl)n1. The van der Waals surface area contributed by atoms with E-state index in [1.165, 1.54) is 18.2 Å². The molecule has 0 bridgehead atoms. The molecule has 1 heterocycles. The van der Waals surface area contributed by atoms with Gasteiger partial charge in [0.1, 0.15) is 5.69 Å². The van der Waals surface area contributed by atoms with E-state index < -0.39 is 15.9 Å². The van der Waals surface area contributed by atoms with Crippen molar-refractivity contribution in [1.29, 1.82) is 0 Å². The number of halogens is 1. The standard InChI is InChI=1S/C13H12ClN3O3S/c1-8-3-2-4-12(16-8)13(18)17-11-6-5-9(7-10(11)14)21(15,19)20/h2-7H,1H3,(H,17,18)(H2,15,19,20). The van der Waals surface area contributed by atoms with Crippen LogP contribution in [0, 0.1) is 6.92 Å². The Morgan fingerprint density at radius 1 is 1.29 bits per heavy atom. The van der Waals surface area contributed by atoms with Gasteiger partial charge in [0.25, 0.3) is 5.91 Å². The van der Waals surface area contributed by atoms with Crippen LogP contribution in [-0.4, -0.2) is 19.3 Å². The molecule has 2 rings (SSSR count). The third kappa shape index (κ3) is 3.78. The Kier molecular flexibility index (Phi) is 4.26. The molecule has 0 radical (unpaired) electrons. The van der Waals surface area contributed by atoms with E-state index in [2.05, 4.69) is 10.3 Å². The summed E-state index contributed by atoms with van der Waals surface area (Å²) in [4.78, 5) is 16.0. The second kappa shape index (κ2) is 5.80. The monoisotopic (exact) mass is 325 g/mol. The van der Waals surface area contributed by atoms with Crippen molar-refractivity contribution in [2.45, 2.75) is 11.8 Å². The van der Waals surface area contributed by atoms with Crippen molar-refractivity contribution in [2.24, 2.45) is 5.14 Å². The molecular formula is C13H12ClN3O3S. The smallest absolute Gasteiger partial charge is 0.274 e. The van der Waals surface area contributed by atoms with Crippen molar-refractivity contribution in [2.75, 3.05) is 5.32 Å². The molecule has 0 spiro atoms. The van der Waals surface area contributed by atoms with Gasteiger partial charge in [-0.05, 0) is 37.3 Å². The fraction of sp³-hybridized carbons (Fsp3) is 0.0769. The van der Waals surface area contributed by atoms with Gasteiger partial charge in [-0.15, -0.1) is 0 Å². The van der Waals surface area contributed by atoms with E-state index in [1.54, 1.807) is 25.1 Å². The summed E-state index contributed by atoms with van der Waals surface area (Å²) in [6, 6.07) is 8.86. The highest BCUT2D eigenvalue weighted by Crippen LogP contribution is 2.25. The van der Waals surface area contributed by atoms with Gasteiger partial charge in [-0.25, -0.2) is 18.5 Å². The Labute approximate surface area is 127 Å². The number of amides is 1. The van der Waals surface area contributed by atoms with Crippen LogP contribution >= 0.6 is 11.6 Å². The Balaban J connectivity index is 2.26. The molecule has 110 valence electrons. The van der Waals surface area contributed by atoms with E-state index in [-0.39, 0.29) is 21.3 Å². The quantitative estimate of drug-likeness (QED) is 0.900. The van der Waals surface area contributed by atoms with Gasteiger partial charge >= 0.3 is 0 Å². The van der Waals surface area contributed by atoms with Crippen LogP contribution in [0.25, 0.3) is 0 Å². The number of nitrogens with one attached hydrogen (secondary N) is 1. The molecule has 1 amide bonds. The molecule has 1 aromatic heterocycles. The number of carbonyl (C=O) groups excluding carboxylic acids is 1. The fourth-order valence-corrected chi connectivity index (χ4v) is 2.46. The summed E-state index contributed by atoms with van der Waals surface area (Å²) >= 11 is 5.94. The van der Waals surface area contributed by atoms with Gasteiger partial charge in [0.15, 0.2) is 0 Å². The van der Waals surface area contributed by atoms with Crippen LogP contribution in [-0.2, 0) is 10.0 Å². The number of anilines is 1. The number of nitrogens with two attached hydrogens (primary N) is 1. The van der Waals surface area contributed by atoms with Crippen molar-refractivity contribution >= 4 is 33.2 Å². The van der Waals surface area contributed by atoms with E-state index in [0.717, 1.165) is 0 Å². The third-order valence-electron chi connectivity index (χ3n) is 2.64. The Hall–Kier alpha value is -1.96. The molecular weight excluding hydrogens is 314 g/mol. The van der Waals surface area contributed by atoms with Crippen LogP contribution in [0.4, 0.5) is 5.69 Å². The lowest BCUT2D eigenvalue weighted by Gasteiger charge is -2.08. The zero-order chi connectivity index (χ0) is 15.6. The molecule has 0 aliphatic heterocycles. The molecule has 3 N–H and O–H groups in total. The number of pyridine rings is 1. The predicted octanol–water partition coefficient (Wildman–Crippen LogP) is 1.94. The van der Waals surface area contributed by atoms with Crippen molar-refractivity contribution in [1.82, 2.24) is 4.98 Å². The fourth-order valence-electron chi connectivity index (χ4n) is 1.63. The number of rotatable bonds is 3. The number of sulfonamides is 1. The molecule has 0 aliphatic rings. The van der Waals surface area contributed by atoms with Crippen LogP contribution in [0.15, 0.2) is 41.3 Å². The largest absolute Gasteiger partial charge is 0.319 e. The Bertz CT molecular complexity index is 806. The summed E-state index contributed by atoms with van der Waals surface area (Å²) in [7, 11) is -3.84. The predicted molar refractivity (Wildman–Crippen MR) is 79.8 cm³/mol. The number of carbonyl (C=O) groups is 1. The lowest BCUT2D eigenvalue weighted by Crippen LogP contribution is -2.15. The average molecular weight is 326 g/mol. The number of hydrogen-bond donors (Lipinski definition) is 2. The van der Waals surface area contributed by atoms with E-state index in [9.17, 15) is 13.2 Å². The van der Waals surface area contributed by atoms with Gasteiger partial charge in [-0.3, -0.25) is 4.79 Å². The number of aromatic nitrogens is 1. The van der Waals surface area contributed by atoms with E-state index >= 15 is 0 Å². The summed E-state index contributed by atoms with van der Waals surface area (Å²) in [5, 5.41) is 7.64. The third-order valence-corrected chi connectivity index (χ3v) is 3.86. The first kappa shape index (κ1) is 15.4. The molecule has 0 saturated heterocycles. The number of aryl methyl sites for hydroxylation is 1. The Morgan fingerprint density at radius 2 is 2.00 bits per heavy atom. The highest BCUT2D eigenvalue weighted by atomic mass is 35.5. The first-order valence-corrected chi connectivity index (χ1v) is 7.77. The van der Waals surface area contributed by atoms with Crippen LogP contribution in [0.2, 0.25) is 5.02 Å². The van der Waals surface area contributed by atoms with Crippen molar-refractivity contribution < 1.29 is 13.2 Å². The van der Waals surface area contributed by atoms with Gasteiger partial charge in [0.2, 0.25) is 10.0 Å². The summed E-state index contributed by atoms with van der Waals surface area (Å²) < 4.78 is 22.4. The number of nitrogens with zero attached hydrogens (tertiary/aromatic N) is 1. The van der Waals surface area contributed by atoms with Crippen LogP contribution in [0.5, 0.6) is 0 Å². The number of primary sulfonamides is 1. The van der Waals surface area contributed by atoms with Crippen LogP contribution in [0.1, 0.15) is 16.2 Å². The van der Waals surface area contributed by atoms with Gasteiger partial charge in [-0.1, -0.05) is 17.7 Å². The lowest BCUT2D eigenvalue weighted by molar-refractivity contribution is 0.102. The average Bonchev–Trinajstić information content (AvgIpc) is 2.39. The molecule has 0 atom stereocenters. The number of benzene rings is 1. The molecule has 0 fully saturated rings. The molecule has 0 saturated carbocycles. The normalized spacial score (nSPS) is 11.2. The maximum Gasteiger partial charge on any atom is 0.274 e. The second-order valence-corrected chi connectivity index (χ2v) is 6.27. The van der Waals surface area contributed by atoms with E-state index in [1.807, 2.05) is 0 Å². The summed E-state index contributed by atoms with van der Waals surface area (Å²) in [6.07, 6.45) is 0. The summed E-state index contributed by atoms with van der Waals surface area (Å²) in [5.41, 5.74) is 1.22. The lowest BCUT2D eigenvalue weighted by atomic mass is 10.2. The zero-order valence-corrected chi connectivity index (χ0v) is 12.6. The van der Waals surface area contributed by atoms with E-state index in [0.29, 0.717) is 5.69 Å². The van der Waals surface area contributed by atoms with Gasteiger partial charge in [-0.2, -0.15) is 0 Å². The molecule has 1 aromatic carbocycles. The van der Waals surface area contributed by atoms with Crippen molar-refractivity contribution in [3.63, 3.8) is 0 Å². The minimum atomic E-state index is -3.84. The van der Waals surface area contributed by atoms with Crippen molar-refractivity contribution in [3.8, 4) is 0 Å². The molecule has 6 nitrogen and oxygen atoms in total. The molecule has 0 unspecified atom stereocenters. The topological polar surface area (TPSA) is 102 Å². The summed E-state index contributed by atoms with van der Waals surface area (Å²) in [6.45, 7) is 1.77. The maximum absolute atomic E-state index is 12.0. The van der Waals surface area contributed by atoms with Gasteiger partial charge in [0.05, 0.1) is 15.6 Å². The maximum atomic E-state index is 12.0. The minimum absolute atomic E-state index is 0.0718. The molecule has 0 aliphatic carbocycles. The second-order valence-electron chi connectivity index (χ2n) is 4.30. The minimum Gasteiger partial charge on any atom is -0.319 e. The van der Waals surface area contributed by atoms with Crippen LogP contribution in [0.3, 0.4) is 0 Å². The molecule has 8 heteroatoms. The summed E-state index contributed by atoms with van der Waals surface area (Å²) in [5.74, 6) is -0.441. The number of hydrogen-bond acceptors (Lipinski definition) is 4. The first-order chi connectivity index (χ1) is 9.77. The zero-order valence-electron chi connectivity index (χ0n) is 11.0. The highest BCUT2D eigenvalue weighted by molar-refractivity contribution is 7.89. The highest BCUT2D eigenvalue weighted by Gasteiger charge is 2.13. The van der Waals surface area contributed by atoms with Gasteiger partial charge < -0.3 is 5.32 Å². The first-order valence-electron chi connectivity index (χ1n) is 5.85. The molecule has 21 heavy (non-hydrogen) atoms. The van der Waals surface area contributed by atoms with Gasteiger partial charge in [0, 0.05) is 5.69 Å². The van der Waals surface area contributed by atoms with E-state index in [4.69, 9.17) is 16.7 Å². The van der Waals surface area contributed by atoms with Crippen LogP contribution < -0.4 is 10.5 Å². The molecule has 2 aromatic rings.